The largest absolute Gasteiger partial charge is 0.481 e. The van der Waals surface area contributed by atoms with Gasteiger partial charge in [0.2, 0.25) is 5.91 Å². The van der Waals surface area contributed by atoms with Gasteiger partial charge in [0, 0.05) is 12.5 Å². The van der Waals surface area contributed by atoms with E-state index in [-0.39, 0.29) is 17.7 Å². The summed E-state index contributed by atoms with van der Waals surface area (Å²) in [4.78, 5) is 22.7. The Labute approximate surface area is 106 Å². The van der Waals surface area contributed by atoms with Gasteiger partial charge in [-0.1, -0.05) is 30.3 Å². The molecule has 1 aromatic carbocycles. The van der Waals surface area contributed by atoms with Crippen LogP contribution in [0, 0.1) is 11.8 Å². The van der Waals surface area contributed by atoms with E-state index in [4.69, 9.17) is 5.11 Å². The van der Waals surface area contributed by atoms with Crippen molar-refractivity contribution < 1.29 is 14.7 Å². The smallest absolute Gasteiger partial charge is 0.306 e. The summed E-state index contributed by atoms with van der Waals surface area (Å²) < 4.78 is 0. The Morgan fingerprint density at radius 1 is 1.17 bits per heavy atom. The number of carbonyl (C=O) groups is 2. The minimum Gasteiger partial charge on any atom is -0.481 e. The van der Waals surface area contributed by atoms with Gasteiger partial charge in [-0.25, -0.2) is 0 Å². The molecule has 1 saturated carbocycles. The summed E-state index contributed by atoms with van der Waals surface area (Å²) >= 11 is 0. The fourth-order valence-electron chi connectivity index (χ4n) is 2.37. The summed E-state index contributed by atoms with van der Waals surface area (Å²) in [5, 5.41) is 11.8. The Balaban J connectivity index is 1.81. The number of aliphatic carboxylic acids is 1. The molecule has 2 atom stereocenters. The molecule has 2 rings (SSSR count). The predicted molar refractivity (Wildman–Crippen MR) is 66.8 cm³/mol. The number of carboxylic acids is 1. The van der Waals surface area contributed by atoms with E-state index in [0.29, 0.717) is 25.8 Å². The number of amides is 1. The van der Waals surface area contributed by atoms with E-state index in [9.17, 15) is 9.59 Å². The second-order valence-electron chi connectivity index (χ2n) is 4.75. The summed E-state index contributed by atoms with van der Waals surface area (Å²) in [7, 11) is 0. The maximum atomic E-state index is 11.9. The fourth-order valence-corrected chi connectivity index (χ4v) is 2.37. The van der Waals surface area contributed by atoms with Gasteiger partial charge in [0.1, 0.15) is 0 Å². The highest BCUT2D eigenvalue weighted by molar-refractivity contribution is 5.80. The first-order valence-corrected chi connectivity index (χ1v) is 6.21. The topological polar surface area (TPSA) is 66.4 Å². The lowest BCUT2D eigenvalue weighted by molar-refractivity contribution is -0.141. The minimum atomic E-state index is -0.784. The highest BCUT2D eigenvalue weighted by atomic mass is 16.4. The maximum Gasteiger partial charge on any atom is 0.306 e. The van der Waals surface area contributed by atoms with Crippen LogP contribution >= 0.6 is 0 Å². The van der Waals surface area contributed by atoms with Crippen molar-refractivity contribution in [3.8, 4) is 0 Å². The molecule has 1 aromatic rings. The van der Waals surface area contributed by atoms with E-state index in [0.717, 1.165) is 5.56 Å². The normalized spacial score (nSPS) is 22.7. The molecule has 4 nitrogen and oxygen atoms in total. The summed E-state index contributed by atoms with van der Waals surface area (Å²) in [6, 6.07) is 9.69. The van der Waals surface area contributed by atoms with Gasteiger partial charge in [-0.3, -0.25) is 9.59 Å². The monoisotopic (exact) mass is 247 g/mol. The second-order valence-corrected chi connectivity index (χ2v) is 4.75. The number of rotatable bonds is 4. The van der Waals surface area contributed by atoms with Crippen molar-refractivity contribution in [3.05, 3.63) is 35.9 Å². The van der Waals surface area contributed by atoms with Gasteiger partial charge in [-0.2, -0.15) is 0 Å². The molecule has 0 heterocycles. The van der Waals surface area contributed by atoms with E-state index in [1.165, 1.54) is 0 Å². The first kappa shape index (κ1) is 12.6. The maximum absolute atomic E-state index is 11.9. The molecule has 96 valence electrons. The third kappa shape index (κ3) is 3.09. The standard InChI is InChI=1S/C14H17NO3/c16-13(11-6-7-12(8-11)14(17)18)15-9-10-4-2-1-3-5-10/h1-5,11-12H,6-9H2,(H,15,16)(H,17,18)/t11-,12+/m1/s1. The predicted octanol–water partition coefficient (Wildman–Crippen LogP) is 1.80. The van der Waals surface area contributed by atoms with Gasteiger partial charge in [-0.05, 0) is 24.8 Å². The average Bonchev–Trinajstić information content (AvgIpc) is 2.87. The molecule has 1 fully saturated rings. The van der Waals surface area contributed by atoms with Crippen LogP contribution in [0.25, 0.3) is 0 Å². The Bertz CT molecular complexity index is 430. The van der Waals surface area contributed by atoms with Crippen LogP contribution in [0.15, 0.2) is 30.3 Å². The van der Waals surface area contributed by atoms with Crippen molar-refractivity contribution in [1.29, 1.82) is 0 Å². The van der Waals surface area contributed by atoms with E-state index >= 15 is 0 Å². The zero-order valence-electron chi connectivity index (χ0n) is 10.1. The molecule has 0 saturated heterocycles. The van der Waals surface area contributed by atoms with Gasteiger partial charge in [0.25, 0.3) is 0 Å². The van der Waals surface area contributed by atoms with Crippen molar-refractivity contribution in [2.24, 2.45) is 11.8 Å². The highest BCUT2D eigenvalue weighted by Gasteiger charge is 2.33. The molecule has 0 spiro atoms. The lowest BCUT2D eigenvalue weighted by Gasteiger charge is -2.10. The van der Waals surface area contributed by atoms with Crippen LogP contribution in [0.3, 0.4) is 0 Å². The Kier molecular flexibility index (Phi) is 3.97. The summed E-state index contributed by atoms with van der Waals surface area (Å²) in [6.07, 6.45) is 1.76. The van der Waals surface area contributed by atoms with E-state index in [1.54, 1.807) is 0 Å². The second kappa shape index (κ2) is 5.67. The zero-order valence-corrected chi connectivity index (χ0v) is 10.1. The first-order valence-electron chi connectivity index (χ1n) is 6.21. The lowest BCUT2D eigenvalue weighted by atomic mass is 10.0. The number of benzene rings is 1. The SMILES string of the molecule is O=C(O)[C@H]1CC[C@@H](C(=O)NCc2ccccc2)C1. The van der Waals surface area contributed by atoms with Gasteiger partial charge >= 0.3 is 5.97 Å². The molecule has 0 unspecified atom stereocenters. The molecule has 0 radical (unpaired) electrons. The molecule has 0 bridgehead atoms. The van der Waals surface area contributed by atoms with Crippen LogP contribution in [0.4, 0.5) is 0 Å². The Hall–Kier alpha value is -1.84. The Morgan fingerprint density at radius 3 is 2.44 bits per heavy atom. The highest BCUT2D eigenvalue weighted by Crippen LogP contribution is 2.31. The van der Waals surface area contributed by atoms with Crippen LogP contribution < -0.4 is 5.32 Å². The number of nitrogens with one attached hydrogen (secondary N) is 1. The number of hydrogen-bond acceptors (Lipinski definition) is 2. The van der Waals surface area contributed by atoms with Crippen LogP contribution in [0.5, 0.6) is 0 Å². The average molecular weight is 247 g/mol. The van der Waals surface area contributed by atoms with E-state index < -0.39 is 5.97 Å². The quantitative estimate of drug-likeness (QED) is 0.852. The van der Waals surface area contributed by atoms with Gasteiger partial charge in [0.05, 0.1) is 5.92 Å². The fraction of sp³-hybridized carbons (Fsp3) is 0.429. The van der Waals surface area contributed by atoms with Crippen molar-refractivity contribution in [1.82, 2.24) is 5.32 Å². The summed E-state index contributed by atoms with van der Waals surface area (Å²) in [5.41, 5.74) is 1.05. The van der Waals surface area contributed by atoms with Crippen LogP contribution in [-0.2, 0) is 16.1 Å². The van der Waals surface area contributed by atoms with Crippen LogP contribution in [-0.4, -0.2) is 17.0 Å². The number of hydrogen-bond donors (Lipinski definition) is 2. The van der Waals surface area contributed by atoms with Crippen molar-refractivity contribution in [3.63, 3.8) is 0 Å². The van der Waals surface area contributed by atoms with Gasteiger partial charge in [-0.15, -0.1) is 0 Å². The van der Waals surface area contributed by atoms with Crippen molar-refractivity contribution in [2.75, 3.05) is 0 Å². The van der Waals surface area contributed by atoms with Crippen molar-refractivity contribution >= 4 is 11.9 Å². The van der Waals surface area contributed by atoms with E-state index in [1.807, 2.05) is 30.3 Å². The molecular formula is C14H17NO3. The van der Waals surface area contributed by atoms with Crippen molar-refractivity contribution in [2.45, 2.75) is 25.8 Å². The number of carbonyl (C=O) groups excluding carboxylic acids is 1. The van der Waals surface area contributed by atoms with Gasteiger partial charge < -0.3 is 10.4 Å². The molecule has 0 aliphatic heterocycles. The molecule has 18 heavy (non-hydrogen) atoms. The molecule has 1 aliphatic rings. The van der Waals surface area contributed by atoms with Crippen LogP contribution in [0.2, 0.25) is 0 Å². The number of carboxylic acid groups (broad SMARTS) is 1. The molecule has 0 aromatic heterocycles. The molecule has 1 aliphatic carbocycles. The molecular weight excluding hydrogens is 230 g/mol. The summed E-state index contributed by atoms with van der Waals surface area (Å²) in [5.74, 6) is -1.30. The third-order valence-electron chi connectivity index (χ3n) is 3.46. The third-order valence-corrected chi connectivity index (χ3v) is 3.46. The molecule has 4 heteroatoms. The minimum absolute atomic E-state index is 0.0254. The summed E-state index contributed by atoms with van der Waals surface area (Å²) in [6.45, 7) is 0.508. The van der Waals surface area contributed by atoms with Gasteiger partial charge in [0.15, 0.2) is 0 Å². The first-order chi connectivity index (χ1) is 8.66. The Morgan fingerprint density at radius 2 is 1.83 bits per heavy atom. The molecule has 1 amide bonds. The van der Waals surface area contributed by atoms with Crippen LogP contribution in [0.1, 0.15) is 24.8 Å². The molecule has 2 N–H and O–H groups in total. The zero-order chi connectivity index (χ0) is 13.0. The van der Waals surface area contributed by atoms with E-state index in [2.05, 4.69) is 5.32 Å². The lowest BCUT2D eigenvalue weighted by Crippen LogP contribution is -2.29.